The first-order valence-corrected chi connectivity index (χ1v) is 7.60. The normalized spacial score (nSPS) is 13.3. The molecule has 1 rings (SSSR count). The second-order valence-corrected chi connectivity index (χ2v) is 6.62. The second kappa shape index (κ2) is 6.16. The molecule has 0 aliphatic carbocycles. The summed E-state index contributed by atoms with van der Waals surface area (Å²) in [5.41, 5.74) is 0.447. The monoisotopic (exact) mass is 284 g/mol. The largest absolute Gasteiger partial charge is 0.349 e. The first kappa shape index (κ1) is 15.7. The van der Waals surface area contributed by atoms with Gasteiger partial charge in [-0.1, -0.05) is 13.8 Å². The SMILES string of the molecule is CNS(=O)(=O)c1ccc(C(=O)NC(C)C(C)C)cc1. The maximum Gasteiger partial charge on any atom is 0.251 e. The van der Waals surface area contributed by atoms with Gasteiger partial charge in [-0.2, -0.15) is 0 Å². The summed E-state index contributed by atoms with van der Waals surface area (Å²) < 4.78 is 25.3. The van der Waals surface area contributed by atoms with Gasteiger partial charge in [-0.15, -0.1) is 0 Å². The summed E-state index contributed by atoms with van der Waals surface area (Å²) in [5, 5.41) is 2.86. The molecule has 1 atom stereocenters. The summed E-state index contributed by atoms with van der Waals surface area (Å²) in [4.78, 5) is 12.1. The molecule has 0 aromatic heterocycles. The molecule has 5 nitrogen and oxygen atoms in total. The van der Waals surface area contributed by atoms with Crippen molar-refractivity contribution in [2.75, 3.05) is 7.05 Å². The molecule has 1 amide bonds. The first-order valence-electron chi connectivity index (χ1n) is 6.12. The number of benzene rings is 1. The van der Waals surface area contributed by atoms with Crippen molar-refractivity contribution < 1.29 is 13.2 Å². The second-order valence-electron chi connectivity index (χ2n) is 4.74. The van der Waals surface area contributed by atoms with Crippen LogP contribution in [0.3, 0.4) is 0 Å². The minimum Gasteiger partial charge on any atom is -0.349 e. The molecule has 0 fully saturated rings. The lowest BCUT2D eigenvalue weighted by molar-refractivity contribution is 0.0930. The number of amides is 1. The van der Waals surface area contributed by atoms with Crippen LogP contribution in [-0.4, -0.2) is 27.4 Å². The van der Waals surface area contributed by atoms with Crippen molar-refractivity contribution >= 4 is 15.9 Å². The van der Waals surface area contributed by atoms with Gasteiger partial charge in [0.1, 0.15) is 0 Å². The molecule has 0 saturated carbocycles. The number of sulfonamides is 1. The van der Waals surface area contributed by atoms with E-state index in [4.69, 9.17) is 0 Å². The third kappa shape index (κ3) is 4.04. The van der Waals surface area contributed by atoms with Crippen LogP contribution in [0, 0.1) is 5.92 Å². The van der Waals surface area contributed by atoms with Gasteiger partial charge in [0, 0.05) is 11.6 Å². The van der Waals surface area contributed by atoms with E-state index in [0.29, 0.717) is 11.5 Å². The fourth-order valence-electron chi connectivity index (χ4n) is 1.36. The molecule has 0 radical (unpaired) electrons. The van der Waals surface area contributed by atoms with Crippen LogP contribution in [0.25, 0.3) is 0 Å². The number of carbonyl (C=O) groups excluding carboxylic acids is 1. The van der Waals surface area contributed by atoms with E-state index in [1.54, 1.807) is 0 Å². The maximum absolute atomic E-state index is 11.9. The predicted molar refractivity (Wildman–Crippen MR) is 74.5 cm³/mol. The smallest absolute Gasteiger partial charge is 0.251 e. The Hall–Kier alpha value is -1.40. The molecule has 19 heavy (non-hydrogen) atoms. The Morgan fingerprint density at radius 1 is 1.11 bits per heavy atom. The average molecular weight is 284 g/mol. The first-order chi connectivity index (χ1) is 8.77. The van der Waals surface area contributed by atoms with E-state index in [9.17, 15) is 13.2 Å². The Bertz CT molecular complexity index is 536. The molecule has 1 aromatic rings. The van der Waals surface area contributed by atoms with Crippen LogP contribution in [0.5, 0.6) is 0 Å². The van der Waals surface area contributed by atoms with E-state index in [0.717, 1.165) is 0 Å². The highest BCUT2D eigenvalue weighted by molar-refractivity contribution is 7.89. The van der Waals surface area contributed by atoms with Gasteiger partial charge in [0.05, 0.1) is 4.90 Å². The number of hydrogen-bond donors (Lipinski definition) is 2. The van der Waals surface area contributed by atoms with Crippen molar-refractivity contribution in [2.24, 2.45) is 5.92 Å². The maximum atomic E-state index is 11.9. The van der Waals surface area contributed by atoms with E-state index in [1.165, 1.54) is 31.3 Å². The zero-order chi connectivity index (χ0) is 14.6. The van der Waals surface area contributed by atoms with Crippen LogP contribution in [0.4, 0.5) is 0 Å². The fourth-order valence-corrected chi connectivity index (χ4v) is 2.09. The van der Waals surface area contributed by atoms with E-state index < -0.39 is 10.0 Å². The van der Waals surface area contributed by atoms with Crippen LogP contribution in [0.2, 0.25) is 0 Å². The molecule has 0 bridgehead atoms. The highest BCUT2D eigenvalue weighted by atomic mass is 32.2. The number of rotatable bonds is 5. The third-order valence-electron chi connectivity index (χ3n) is 3.05. The number of hydrogen-bond acceptors (Lipinski definition) is 3. The Labute approximate surface area is 114 Å². The van der Waals surface area contributed by atoms with Gasteiger partial charge in [-0.05, 0) is 44.2 Å². The zero-order valence-corrected chi connectivity index (χ0v) is 12.4. The summed E-state index contributed by atoms with van der Waals surface area (Å²) in [6, 6.07) is 5.91. The van der Waals surface area contributed by atoms with Gasteiger partial charge in [0.25, 0.3) is 5.91 Å². The minimum atomic E-state index is -3.46. The van der Waals surface area contributed by atoms with Gasteiger partial charge in [-0.25, -0.2) is 13.1 Å². The molecule has 2 N–H and O–H groups in total. The zero-order valence-electron chi connectivity index (χ0n) is 11.6. The lowest BCUT2D eigenvalue weighted by Crippen LogP contribution is -2.36. The molecule has 0 heterocycles. The lowest BCUT2D eigenvalue weighted by atomic mass is 10.1. The van der Waals surface area contributed by atoms with Crippen molar-refractivity contribution in [3.8, 4) is 0 Å². The number of carbonyl (C=O) groups is 1. The highest BCUT2D eigenvalue weighted by Crippen LogP contribution is 2.10. The van der Waals surface area contributed by atoms with E-state index in [1.807, 2.05) is 20.8 Å². The van der Waals surface area contributed by atoms with Crippen LogP contribution < -0.4 is 10.0 Å². The standard InChI is InChI=1S/C13H20N2O3S/c1-9(2)10(3)15-13(16)11-5-7-12(8-6-11)19(17,18)14-4/h5-10,14H,1-4H3,(H,15,16). The van der Waals surface area contributed by atoms with Crippen LogP contribution in [0.15, 0.2) is 29.2 Å². The molecule has 0 aliphatic rings. The molecule has 1 aromatic carbocycles. The van der Waals surface area contributed by atoms with Crippen molar-refractivity contribution in [3.05, 3.63) is 29.8 Å². The van der Waals surface area contributed by atoms with Crippen LogP contribution in [-0.2, 0) is 10.0 Å². The quantitative estimate of drug-likeness (QED) is 0.857. The van der Waals surface area contributed by atoms with Crippen molar-refractivity contribution in [3.63, 3.8) is 0 Å². The summed E-state index contributed by atoms with van der Waals surface area (Å²) in [6.45, 7) is 5.98. The molecule has 6 heteroatoms. The van der Waals surface area contributed by atoms with Crippen molar-refractivity contribution in [1.82, 2.24) is 10.0 Å². The van der Waals surface area contributed by atoms with Gasteiger partial charge in [0.2, 0.25) is 10.0 Å². The Morgan fingerprint density at radius 2 is 1.63 bits per heavy atom. The summed E-state index contributed by atoms with van der Waals surface area (Å²) in [5.74, 6) is 0.141. The highest BCUT2D eigenvalue weighted by Gasteiger charge is 2.14. The van der Waals surface area contributed by atoms with Crippen molar-refractivity contribution in [1.29, 1.82) is 0 Å². The molecule has 0 saturated heterocycles. The van der Waals surface area contributed by atoms with Crippen molar-refractivity contribution in [2.45, 2.75) is 31.7 Å². The van der Waals surface area contributed by atoms with Gasteiger partial charge < -0.3 is 5.32 Å². The summed E-state index contributed by atoms with van der Waals surface area (Å²) in [6.07, 6.45) is 0. The Kier molecular flexibility index (Phi) is 5.08. The topological polar surface area (TPSA) is 75.3 Å². The van der Waals surface area contributed by atoms with E-state index in [-0.39, 0.29) is 16.8 Å². The molecule has 106 valence electrons. The lowest BCUT2D eigenvalue weighted by Gasteiger charge is -2.17. The molecule has 1 unspecified atom stereocenters. The Balaban J connectivity index is 2.85. The summed E-state index contributed by atoms with van der Waals surface area (Å²) in [7, 11) is -2.11. The van der Waals surface area contributed by atoms with Gasteiger partial charge >= 0.3 is 0 Å². The molecular formula is C13H20N2O3S. The minimum absolute atomic E-state index is 0.0632. The third-order valence-corrected chi connectivity index (χ3v) is 4.48. The van der Waals surface area contributed by atoms with Gasteiger partial charge in [0.15, 0.2) is 0 Å². The summed E-state index contributed by atoms with van der Waals surface area (Å²) >= 11 is 0. The number of nitrogens with one attached hydrogen (secondary N) is 2. The Morgan fingerprint density at radius 3 is 2.05 bits per heavy atom. The molecular weight excluding hydrogens is 264 g/mol. The molecule has 0 spiro atoms. The van der Waals surface area contributed by atoms with E-state index >= 15 is 0 Å². The fraction of sp³-hybridized carbons (Fsp3) is 0.462. The molecule has 0 aliphatic heterocycles. The van der Waals surface area contributed by atoms with E-state index in [2.05, 4.69) is 10.0 Å². The van der Waals surface area contributed by atoms with Gasteiger partial charge in [-0.3, -0.25) is 4.79 Å². The van der Waals surface area contributed by atoms with Crippen LogP contribution in [0.1, 0.15) is 31.1 Å². The average Bonchev–Trinajstić information content (AvgIpc) is 2.38. The predicted octanol–water partition coefficient (Wildman–Crippen LogP) is 1.37. The van der Waals surface area contributed by atoms with Crippen LogP contribution >= 0.6 is 0 Å².